The van der Waals surface area contributed by atoms with Crippen molar-refractivity contribution in [3.05, 3.63) is 18.5 Å². The topological polar surface area (TPSA) is 97.1 Å². The van der Waals surface area contributed by atoms with Crippen molar-refractivity contribution >= 4 is 15.7 Å². The van der Waals surface area contributed by atoms with Gasteiger partial charge in [-0.2, -0.15) is 0 Å². The summed E-state index contributed by atoms with van der Waals surface area (Å²) in [5, 5.41) is 0. The molecule has 0 amide bonds. The number of nitrogens with one attached hydrogen (secondary N) is 2. The van der Waals surface area contributed by atoms with Crippen molar-refractivity contribution < 1.29 is 8.42 Å². The molecule has 6 nitrogen and oxygen atoms in total. The van der Waals surface area contributed by atoms with E-state index in [1.807, 2.05) is 0 Å². The minimum absolute atomic E-state index is 0.0149. The predicted molar refractivity (Wildman–Crippen MR) is 78.4 cm³/mol. The van der Waals surface area contributed by atoms with E-state index < -0.39 is 10.0 Å². The second-order valence-electron chi connectivity index (χ2n) is 6.08. The molecule has 0 saturated heterocycles. The lowest BCUT2D eigenvalue weighted by atomic mass is 9.76. The van der Waals surface area contributed by atoms with Crippen molar-refractivity contribution in [1.29, 1.82) is 0 Å². The second kappa shape index (κ2) is 5.67. The molecule has 0 spiro atoms. The van der Waals surface area contributed by atoms with E-state index in [1.54, 1.807) is 6.07 Å². The summed E-state index contributed by atoms with van der Waals surface area (Å²) < 4.78 is 27.6. The zero-order chi connectivity index (χ0) is 14.8. The number of nitrogens with zero attached hydrogens (tertiary/aromatic N) is 1. The van der Waals surface area contributed by atoms with Crippen LogP contribution in [0.2, 0.25) is 0 Å². The van der Waals surface area contributed by atoms with Gasteiger partial charge in [-0.15, -0.1) is 0 Å². The number of pyridine rings is 1. The minimum atomic E-state index is -3.59. The third kappa shape index (κ3) is 3.47. The summed E-state index contributed by atoms with van der Waals surface area (Å²) in [5.41, 5.74) is 3.05. The lowest BCUT2D eigenvalue weighted by Crippen LogP contribution is -2.39. The summed E-state index contributed by atoms with van der Waals surface area (Å²) in [6, 6.07) is 1.53. The molecule has 0 aliphatic heterocycles. The molecule has 1 heterocycles. The van der Waals surface area contributed by atoms with Gasteiger partial charge in [-0.1, -0.05) is 13.8 Å². The highest BCUT2D eigenvalue weighted by atomic mass is 32.2. The van der Waals surface area contributed by atoms with Crippen LogP contribution in [0, 0.1) is 5.41 Å². The van der Waals surface area contributed by atoms with E-state index in [0.717, 1.165) is 25.7 Å². The summed E-state index contributed by atoms with van der Waals surface area (Å²) in [7, 11) is -3.59. The van der Waals surface area contributed by atoms with Crippen LogP contribution in [0.4, 0.5) is 5.69 Å². The van der Waals surface area contributed by atoms with Gasteiger partial charge in [0.05, 0.1) is 5.69 Å². The minimum Gasteiger partial charge on any atom is -0.323 e. The van der Waals surface area contributed by atoms with Gasteiger partial charge in [0.2, 0.25) is 10.0 Å². The lowest BCUT2D eigenvalue weighted by Gasteiger charge is -2.34. The van der Waals surface area contributed by atoms with Crippen LogP contribution in [-0.4, -0.2) is 19.4 Å². The largest absolute Gasteiger partial charge is 0.323 e. The number of nitrogen functional groups attached to an aromatic ring is 1. The highest BCUT2D eigenvalue weighted by Crippen LogP contribution is 2.35. The molecule has 1 aliphatic carbocycles. The van der Waals surface area contributed by atoms with Gasteiger partial charge in [0, 0.05) is 18.4 Å². The molecular formula is C13H22N4O2S. The van der Waals surface area contributed by atoms with Gasteiger partial charge in [-0.05, 0) is 37.2 Å². The molecule has 1 fully saturated rings. The molecule has 1 aliphatic rings. The van der Waals surface area contributed by atoms with E-state index in [1.165, 1.54) is 12.4 Å². The Labute approximate surface area is 120 Å². The van der Waals surface area contributed by atoms with Crippen LogP contribution in [-0.2, 0) is 10.0 Å². The Morgan fingerprint density at radius 3 is 2.60 bits per heavy atom. The summed E-state index contributed by atoms with van der Waals surface area (Å²) >= 11 is 0. The highest BCUT2D eigenvalue weighted by molar-refractivity contribution is 7.89. The fourth-order valence-corrected chi connectivity index (χ4v) is 3.93. The van der Waals surface area contributed by atoms with E-state index in [-0.39, 0.29) is 10.9 Å². The van der Waals surface area contributed by atoms with Gasteiger partial charge >= 0.3 is 0 Å². The normalized spacial score (nSPS) is 19.8. The van der Waals surface area contributed by atoms with Crippen molar-refractivity contribution in [2.45, 2.75) is 50.5 Å². The molecule has 0 unspecified atom stereocenters. The molecule has 2 rings (SSSR count). The van der Waals surface area contributed by atoms with Crippen molar-refractivity contribution in [2.24, 2.45) is 11.3 Å². The van der Waals surface area contributed by atoms with E-state index >= 15 is 0 Å². The number of anilines is 1. The molecule has 1 saturated carbocycles. The lowest BCUT2D eigenvalue weighted by molar-refractivity contribution is 0.218. The average molecular weight is 298 g/mol. The number of nitrogens with two attached hydrogens (primary N) is 1. The van der Waals surface area contributed by atoms with E-state index in [0.29, 0.717) is 11.1 Å². The Hall–Kier alpha value is -1.18. The third-order valence-corrected chi connectivity index (χ3v) is 5.44. The number of rotatable bonds is 4. The van der Waals surface area contributed by atoms with Gasteiger partial charge in [-0.25, -0.2) is 13.1 Å². The molecule has 0 radical (unpaired) electrons. The maximum atomic E-state index is 12.4. The van der Waals surface area contributed by atoms with Crippen LogP contribution < -0.4 is 16.0 Å². The molecule has 7 heteroatoms. The fraction of sp³-hybridized carbons (Fsp3) is 0.615. The van der Waals surface area contributed by atoms with Gasteiger partial charge in [0.25, 0.3) is 0 Å². The number of hydrazine groups is 1. The smallest absolute Gasteiger partial charge is 0.244 e. The van der Waals surface area contributed by atoms with Crippen LogP contribution >= 0.6 is 0 Å². The Morgan fingerprint density at radius 2 is 2.00 bits per heavy atom. The number of hydrogen-bond donors (Lipinski definition) is 3. The van der Waals surface area contributed by atoms with E-state index in [2.05, 4.69) is 29.0 Å². The molecular weight excluding hydrogens is 276 g/mol. The summed E-state index contributed by atoms with van der Waals surface area (Å²) in [4.78, 5) is 3.95. The molecule has 4 N–H and O–H groups in total. The first-order valence-electron chi connectivity index (χ1n) is 6.77. The van der Waals surface area contributed by atoms with Crippen LogP contribution in [0.3, 0.4) is 0 Å². The predicted octanol–water partition coefficient (Wildman–Crippen LogP) is 1.61. The van der Waals surface area contributed by atoms with Crippen molar-refractivity contribution in [3.63, 3.8) is 0 Å². The van der Waals surface area contributed by atoms with E-state index in [9.17, 15) is 8.42 Å². The van der Waals surface area contributed by atoms with Crippen molar-refractivity contribution in [3.8, 4) is 0 Å². The van der Waals surface area contributed by atoms with Crippen LogP contribution in [0.1, 0.15) is 39.5 Å². The first-order valence-corrected chi connectivity index (χ1v) is 8.25. The summed E-state index contributed by atoms with van der Waals surface area (Å²) in [6.45, 7) is 4.44. The number of aromatic nitrogens is 1. The standard InChI is InChI=1S/C13H22N4O2S/c1-13(2)6-3-10(4-7-13)17-20(18,19)12-9-15-8-5-11(12)16-14/h5,8-10,17H,3-4,6-7,14H2,1-2H3,(H,15,16). The number of sulfonamides is 1. The first kappa shape index (κ1) is 15.2. The quantitative estimate of drug-likeness (QED) is 0.579. The van der Waals surface area contributed by atoms with Crippen LogP contribution in [0.5, 0.6) is 0 Å². The molecule has 112 valence electrons. The van der Waals surface area contributed by atoms with Gasteiger partial charge < -0.3 is 5.43 Å². The first-order chi connectivity index (χ1) is 9.34. The number of hydrogen-bond acceptors (Lipinski definition) is 5. The van der Waals surface area contributed by atoms with Gasteiger partial charge in [0.1, 0.15) is 4.90 Å². The highest BCUT2D eigenvalue weighted by Gasteiger charge is 2.30. The second-order valence-corrected chi connectivity index (χ2v) is 7.76. The van der Waals surface area contributed by atoms with Gasteiger partial charge in [-0.3, -0.25) is 10.8 Å². The monoisotopic (exact) mass is 298 g/mol. The zero-order valence-electron chi connectivity index (χ0n) is 11.9. The molecule has 0 aromatic carbocycles. The molecule has 20 heavy (non-hydrogen) atoms. The molecule has 1 aromatic rings. The molecule has 0 atom stereocenters. The van der Waals surface area contributed by atoms with Crippen molar-refractivity contribution in [2.75, 3.05) is 5.43 Å². The average Bonchev–Trinajstić information content (AvgIpc) is 2.41. The van der Waals surface area contributed by atoms with Crippen LogP contribution in [0.25, 0.3) is 0 Å². The zero-order valence-corrected chi connectivity index (χ0v) is 12.7. The fourth-order valence-electron chi connectivity index (χ4n) is 2.51. The summed E-state index contributed by atoms with van der Waals surface area (Å²) in [5.74, 6) is 5.35. The molecule has 0 bridgehead atoms. The van der Waals surface area contributed by atoms with Gasteiger partial charge in [0.15, 0.2) is 0 Å². The Kier molecular flexibility index (Phi) is 4.31. The Balaban J connectivity index is 2.12. The maximum absolute atomic E-state index is 12.4. The SMILES string of the molecule is CC1(C)CCC(NS(=O)(=O)c2cnccc2NN)CC1. The van der Waals surface area contributed by atoms with Crippen LogP contribution in [0.15, 0.2) is 23.4 Å². The summed E-state index contributed by atoms with van der Waals surface area (Å²) in [6.07, 6.45) is 6.57. The maximum Gasteiger partial charge on any atom is 0.244 e. The van der Waals surface area contributed by atoms with E-state index in [4.69, 9.17) is 5.84 Å². The Bertz CT molecular complexity index is 561. The van der Waals surface area contributed by atoms with Crippen molar-refractivity contribution in [1.82, 2.24) is 9.71 Å². The third-order valence-electron chi connectivity index (χ3n) is 3.89. The Morgan fingerprint density at radius 1 is 1.35 bits per heavy atom. The molecule has 1 aromatic heterocycles.